The van der Waals surface area contributed by atoms with Gasteiger partial charge in [-0.1, -0.05) is 0 Å². The molecule has 1 rings (SSSR count). The van der Waals surface area contributed by atoms with E-state index in [2.05, 4.69) is 5.43 Å². The number of rotatable bonds is 3. The van der Waals surface area contributed by atoms with Crippen LogP contribution in [0.15, 0.2) is 24.3 Å². The molecule has 5 nitrogen and oxygen atoms in total. The summed E-state index contributed by atoms with van der Waals surface area (Å²) in [6.07, 6.45) is 2.38. The second kappa shape index (κ2) is 4.29. The Bertz CT molecular complexity index is 374. The molecule has 5 N–H and O–H groups in total. The summed E-state index contributed by atoms with van der Waals surface area (Å²) in [6.45, 7) is 0. The molecule has 0 aromatic heterocycles. The van der Waals surface area contributed by atoms with E-state index in [-0.39, 0.29) is 5.75 Å². The van der Waals surface area contributed by atoms with Gasteiger partial charge in [-0.2, -0.15) is 0 Å². The maximum Gasteiger partial charge on any atom is 0.328 e. The summed E-state index contributed by atoms with van der Waals surface area (Å²) < 4.78 is 0. The van der Waals surface area contributed by atoms with Gasteiger partial charge in [0.1, 0.15) is 5.75 Å². The number of hydrogen-bond donors (Lipinski definition) is 4. The molecule has 0 aliphatic carbocycles. The van der Waals surface area contributed by atoms with E-state index >= 15 is 0 Å². The summed E-state index contributed by atoms with van der Waals surface area (Å²) in [4.78, 5) is 10.3. The van der Waals surface area contributed by atoms with Crippen LogP contribution in [0.25, 0.3) is 6.08 Å². The van der Waals surface area contributed by atoms with Crippen LogP contribution >= 0.6 is 0 Å². The van der Waals surface area contributed by atoms with E-state index in [1.807, 2.05) is 0 Å². The number of carbonyl (C=O) groups is 1. The number of phenolic OH excluding ortho intramolecular Hbond substituents is 1. The van der Waals surface area contributed by atoms with Crippen molar-refractivity contribution >= 4 is 17.7 Å². The molecule has 0 bridgehead atoms. The highest BCUT2D eigenvalue weighted by Gasteiger charge is 1.99. The van der Waals surface area contributed by atoms with Gasteiger partial charge in [0.05, 0.1) is 5.69 Å². The van der Waals surface area contributed by atoms with Gasteiger partial charge >= 0.3 is 5.97 Å². The van der Waals surface area contributed by atoms with Crippen molar-refractivity contribution in [3.05, 3.63) is 29.8 Å². The molecule has 0 amide bonds. The Morgan fingerprint density at radius 2 is 2.21 bits per heavy atom. The molecule has 14 heavy (non-hydrogen) atoms. The highest BCUT2D eigenvalue weighted by atomic mass is 16.4. The maximum atomic E-state index is 10.3. The van der Waals surface area contributed by atoms with Crippen molar-refractivity contribution < 1.29 is 15.0 Å². The number of nitrogens with one attached hydrogen (secondary N) is 1. The van der Waals surface area contributed by atoms with Crippen molar-refractivity contribution in [2.45, 2.75) is 0 Å². The lowest BCUT2D eigenvalue weighted by molar-refractivity contribution is -0.131. The van der Waals surface area contributed by atoms with Crippen LogP contribution < -0.4 is 11.3 Å². The predicted octanol–water partition coefficient (Wildman–Crippen LogP) is 0.776. The van der Waals surface area contributed by atoms with Gasteiger partial charge in [-0.25, -0.2) is 4.79 Å². The fraction of sp³-hybridized carbons (Fsp3) is 0. The molecule has 0 aliphatic rings. The zero-order chi connectivity index (χ0) is 10.6. The number of nitrogen functional groups attached to an aromatic ring is 1. The minimum Gasteiger partial charge on any atom is -0.508 e. The summed E-state index contributed by atoms with van der Waals surface area (Å²) in [5, 5.41) is 17.5. The Hall–Kier alpha value is -2.01. The average molecular weight is 194 g/mol. The molecule has 0 aliphatic heterocycles. The Morgan fingerprint density at radius 1 is 1.50 bits per heavy atom. The second-order valence-corrected chi connectivity index (χ2v) is 2.59. The number of hydrogen-bond acceptors (Lipinski definition) is 4. The Balaban J connectivity index is 3.02. The van der Waals surface area contributed by atoms with E-state index in [0.29, 0.717) is 11.3 Å². The van der Waals surface area contributed by atoms with Crippen LogP contribution in [0.2, 0.25) is 0 Å². The predicted molar refractivity (Wildman–Crippen MR) is 52.6 cm³/mol. The van der Waals surface area contributed by atoms with Crippen LogP contribution in [0.1, 0.15) is 5.56 Å². The highest BCUT2D eigenvalue weighted by Crippen LogP contribution is 2.21. The zero-order valence-corrected chi connectivity index (χ0v) is 7.27. The van der Waals surface area contributed by atoms with Crippen molar-refractivity contribution in [2.24, 2.45) is 5.84 Å². The van der Waals surface area contributed by atoms with E-state index in [1.54, 1.807) is 6.07 Å². The highest BCUT2D eigenvalue weighted by molar-refractivity contribution is 5.86. The molecule has 0 saturated carbocycles. The van der Waals surface area contributed by atoms with Gasteiger partial charge in [0.25, 0.3) is 0 Å². The summed E-state index contributed by atoms with van der Waals surface area (Å²) in [5.74, 6) is 4.20. The summed E-state index contributed by atoms with van der Waals surface area (Å²) in [6, 6.07) is 4.41. The lowest BCUT2D eigenvalue weighted by Crippen LogP contribution is -2.07. The minimum atomic E-state index is -1.04. The average Bonchev–Trinajstić information content (AvgIpc) is 2.15. The number of aliphatic carboxylic acids is 1. The number of carboxylic acids is 1. The van der Waals surface area contributed by atoms with Gasteiger partial charge in [-0.15, -0.1) is 0 Å². The van der Waals surface area contributed by atoms with Crippen LogP contribution in [-0.4, -0.2) is 16.2 Å². The van der Waals surface area contributed by atoms with Gasteiger partial charge < -0.3 is 15.6 Å². The van der Waals surface area contributed by atoms with Gasteiger partial charge in [-0.05, 0) is 23.8 Å². The monoisotopic (exact) mass is 194 g/mol. The van der Waals surface area contributed by atoms with Crippen LogP contribution in [0.3, 0.4) is 0 Å². The molecule has 0 saturated heterocycles. The van der Waals surface area contributed by atoms with Crippen LogP contribution in [0, 0.1) is 0 Å². The number of benzene rings is 1. The standard InChI is InChI=1S/C9H10N2O3/c10-11-8-5-7(12)3-1-6(8)2-4-9(13)14/h1-5,11-12H,10H2,(H,13,14)/b4-2+. The van der Waals surface area contributed by atoms with E-state index in [4.69, 9.17) is 16.1 Å². The largest absolute Gasteiger partial charge is 0.508 e. The second-order valence-electron chi connectivity index (χ2n) is 2.59. The summed E-state index contributed by atoms with van der Waals surface area (Å²) in [5.41, 5.74) is 3.41. The molecule has 1 aromatic rings. The van der Waals surface area contributed by atoms with E-state index in [1.165, 1.54) is 18.2 Å². The normalized spacial score (nSPS) is 10.4. The Labute approximate surface area is 80.4 Å². The van der Waals surface area contributed by atoms with Crippen molar-refractivity contribution in [2.75, 3.05) is 5.43 Å². The first-order valence-corrected chi connectivity index (χ1v) is 3.84. The number of anilines is 1. The van der Waals surface area contributed by atoms with Crippen LogP contribution in [-0.2, 0) is 4.79 Å². The molecule has 1 aromatic carbocycles. The smallest absolute Gasteiger partial charge is 0.328 e. The number of phenols is 1. The summed E-state index contributed by atoms with van der Waals surface area (Å²) in [7, 11) is 0. The number of carboxylic acid groups (broad SMARTS) is 1. The van der Waals surface area contributed by atoms with E-state index in [9.17, 15) is 4.79 Å². The first kappa shape index (κ1) is 10.1. The maximum absolute atomic E-state index is 10.3. The summed E-state index contributed by atoms with van der Waals surface area (Å²) >= 11 is 0. The van der Waals surface area contributed by atoms with E-state index in [0.717, 1.165) is 6.08 Å². The molecule has 0 atom stereocenters. The third-order valence-corrected chi connectivity index (χ3v) is 1.60. The van der Waals surface area contributed by atoms with Gasteiger partial charge in [-0.3, -0.25) is 5.84 Å². The van der Waals surface area contributed by atoms with Gasteiger partial charge in [0.15, 0.2) is 0 Å². The molecular formula is C9H10N2O3. The molecular weight excluding hydrogens is 184 g/mol. The molecule has 0 spiro atoms. The fourth-order valence-corrected chi connectivity index (χ4v) is 0.976. The van der Waals surface area contributed by atoms with Crippen LogP contribution in [0.4, 0.5) is 5.69 Å². The van der Waals surface area contributed by atoms with Crippen LogP contribution in [0.5, 0.6) is 5.75 Å². The number of nitrogens with two attached hydrogens (primary N) is 1. The van der Waals surface area contributed by atoms with Gasteiger partial charge in [0.2, 0.25) is 0 Å². The van der Waals surface area contributed by atoms with Crippen molar-refractivity contribution in [3.8, 4) is 5.75 Å². The third kappa shape index (κ3) is 2.49. The molecule has 0 fully saturated rings. The van der Waals surface area contributed by atoms with Gasteiger partial charge in [0, 0.05) is 12.1 Å². The first-order chi connectivity index (χ1) is 6.63. The molecule has 0 heterocycles. The van der Waals surface area contributed by atoms with E-state index < -0.39 is 5.97 Å². The molecule has 0 unspecified atom stereocenters. The Kier molecular flexibility index (Phi) is 3.09. The fourth-order valence-electron chi connectivity index (χ4n) is 0.976. The number of hydrazine groups is 1. The third-order valence-electron chi connectivity index (χ3n) is 1.60. The zero-order valence-electron chi connectivity index (χ0n) is 7.27. The van der Waals surface area contributed by atoms with Crippen molar-refractivity contribution in [3.63, 3.8) is 0 Å². The molecule has 5 heteroatoms. The van der Waals surface area contributed by atoms with Crippen molar-refractivity contribution in [1.82, 2.24) is 0 Å². The Morgan fingerprint density at radius 3 is 2.79 bits per heavy atom. The van der Waals surface area contributed by atoms with Crippen molar-refractivity contribution in [1.29, 1.82) is 0 Å². The lowest BCUT2D eigenvalue weighted by Gasteiger charge is -2.04. The topological polar surface area (TPSA) is 95.6 Å². The quantitative estimate of drug-likeness (QED) is 0.324. The lowest BCUT2D eigenvalue weighted by atomic mass is 10.1. The molecule has 0 radical (unpaired) electrons. The number of aromatic hydroxyl groups is 1. The molecule has 74 valence electrons. The SMILES string of the molecule is NNc1cc(O)ccc1/C=C/C(=O)O. The minimum absolute atomic E-state index is 0.0606. The first-order valence-electron chi connectivity index (χ1n) is 3.84.